The van der Waals surface area contributed by atoms with Crippen molar-refractivity contribution in [3.05, 3.63) is 88.2 Å². The average molecular weight is 594 g/mol. The molecular formula is C24H16ClF8N5O2. The number of alkyl halides is 7. The van der Waals surface area contributed by atoms with E-state index in [0.717, 1.165) is 47.5 Å². The quantitative estimate of drug-likeness (QED) is 0.124. The maximum Gasteiger partial charge on any atom is 0.451 e. The highest BCUT2D eigenvalue weighted by Crippen LogP contribution is 2.36. The summed E-state index contributed by atoms with van der Waals surface area (Å²) < 4.78 is 112. The van der Waals surface area contributed by atoms with Crippen LogP contribution in [-0.4, -0.2) is 33.0 Å². The molecule has 0 fully saturated rings. The Balaban J connectivity index is 1.74. The Labute approximate surface area is 225 Å². The average Bonchev–Trinajstić information content (AvgIpc) is 3.38. The van der Waals surface area contributed by atoms with Gasteiger partial charge in [0.05, 0.1) is 29.1 Å². The third-order valence-electron chi connectivity index (χ3n) is 5.70. The van der Waals surface area contributed by atoms with Crippen LogP contribution in [0.5, 0.6) is 0 Å². The third kappa shape index (κ3) is 6.31. The summed E-state index contributed by atoms with van der Waals surface area (Å²) >= 11 is 5.75. The van der Waals surface area contributed by atoms with E-state index >= 15 is 0 Å². The van der Waals surface area contributed by atoms with Crippen molar-refractivity contribution in [2.24, 2.45) is 0 Å². The number of pyridine rings is 1. The van der Waals surface area contributed by atoms with Gasteiger partial charge >= 0.3 is 12.8 Å². The van der Waals surface area contributed by atoms with E-state index in [4.69, 9.17) is 11.6 Å². The second kappa shape index (κ2) is 11.7. The van der Waals surface area contributed by atoms with E-state index < -0.39 is 59.7 Å². The molecule has 3 heterocycles. The molecule has 3 aromatic heterocycles. The van der Waals surface area contributed by atoms with Crippen molar-refractivity contribution in [2.45, 2.75) is 31.7 Å². The molecule has 0 aliphatic carbocycles. The normalized spacial score (nSPS) is 12.9. The molecule has 0 saturated heterocycles. The van der Waals surface area contributed by atoms with Crippen molar-refractivity contribution in [1.82, 2.24) is 19.7 Å². The first-order chi connectivity index (χ1) is 18.9. The second-order valence-corrected chi connectivity index (χ2v) is 8.61. The molecule has 0 bridgehead atoms. The minimum Gasteiger partial charge on any atom is -0.618 e. The number of hydrogen-bond acceptors (Lipinski definition) is 5. The molecule has 0 spiro atoms. The highest BCUT2D eigenvalue weighted by atomic mass is 35.5. The molecular weight excluding hydrogens is 578 g/mol. The summed E-state index contributed by atoms with van der Waals surface area (Å²) in [5.41, 5.74) is -1.76. The van der Waals surface area contributed by atoms with Crippen LogP contribution >= 0.6 is 11.6 Å². The van der Waals surface area contributed by atoms with Crippen LogP contribution in [0.15, 0.2) is 55.1 Å². The van der Waals surface area contributed by atoms with Gasteiger partial charge in [-0.3, -0.25) is 4.68 Å². The van der Waals surface area contributed by atoms with Gasteiger partial charge in [0.2, 0.25) is 11.5 Å². The van der Waals surface area contributed by atoms with Crippen LogP contribution in [0.3, 0.4) is 0 Å². The Morgan fingerprint density at radius 1 is 1.05 bits per heavy atom. The SMILES string of the molecule is [O-][n+]1cc(-c2c(C(F)F)ccc(Cl)c2F)ccc1C(CCOC(F)F)n1cc(-c2ccnc(C(F)(F)F)n2)cn1. The zero-order valence-electron chi connectivity index (χ0n) is 19.8. The summed E-state index contributed by atoms with van der Waals surface area (Å²) in [5, 5.41) is 16.6. The zero-order valence-corrected chi connectivity index (χ0v) is 20.6. The summed E-state index contributed by atoms with van der Waals surface area (Å²) in [4.78, 5) is 6.64. The van der Waals surface area contributed by atoms with Crippen molar-refractivity contribution in [3.63, 3.8) is 0 Å². The second-order valence-electron chi connectivity index (χ2n) is 8.20. The number of ether oxygens (including phenoxy) is 1. The Hall–Kier alpha value is -3.85. The maximum atomic E-state index is 14.7. The molecule has 1 unspecified atom stereocenters. The first kappa shape index (κ1) is 29.1. The van der Waals surface area contributed by atoms with Crippen LogP contribution in [-0.2, 0) is 10.9 Å². The van der Waals surface area contributed by atoms with Crippen molar-refractivity contribution in [3.8, 4) is 22.4 Å². The van der Waals surface area contributed by atoms with Gasteiger partial charge in [0.1, 0.15) is 11.9 Å². The summed E-state index contributed by atoms with van der Waals surface area (Å²) in [5.74, 6) is -2.57. The van der Waals surface area contributed by atoms with Crippen LogP contribution in [0.1, 0.15) is 36.0 Å². The van der Waals surface area contributed by atoms with E-state index in [-0.39, 0.29) is 33.7 Å². The summed E-state index contributed by atoms with van der Waals surface area (Å²) in [6.45, 7) is -3.69. The first-order valence-corrected chi connectivity index (χ1v) is 11.6. The first-order valence-electron chi connectivity index (χ1n) is 11.2. The van der Waals surface area contributed by atoms with E-state index in [1.165, 1.54) is 12.3 Å². The molecule has 0 saturated carbocycles. The van der Waals surface area contributed by atoms with Gasteiger partial charge in [-0.25, -0.2) is 23.1 Å². The van der Waals surface area contributed by atoms with Crippen molar-refractivity contribution in [2.75, 3.05) is 6.61 Å². The third-order valence-corrected chi connectivity index (χ3v) is 5.99. The molecule has 7 nitrogen and oxygen atoms in total. The fraction of sp³-hybridized carbons (Fsp3) is 0.250. The van der Waals surface area contributed by atoms with Crippen LogP contribution in [0.4, 0.5) is 35.1 Å². The largest absolute Gasteiger partial charge is 0.618 e. The minimum absolute atomic E-state index is 0.0873. The molecule has 212 valence electrons. The zero-order chi connectivity index (χ0) is 29.2. The van der Waals surface area contributed by atoms with Crippen LogP contribution < -0.4 is 4.73 Å². The van der Waals surface area contributed by atoms with Crippen LogP contribution in [0.2, 0.25) is 5.02 Å². The molecule has 4 aromatic rings. The van der Waals surface area contributed by atoms with Gasteiger partial charge in [0.25, 0.3) is 6.43 Å². The molecule has 0 radical (unpaired) electrons. The monoisotopic (exact) mass is 593 g/mol. The van der Waals surface area contributed by atoms with Gasteiger partial charge in [-0.2, -0.15) is 31.8 Å². The lowest BCUT2D eigenvalue weighted by Crippen LogP contribution is -2.36. The molecule has 0 amide bonds. The molecule has 40 heavy (non-hydrogen) atoms. The number of benzene rings is 1. The number of halogens is 9. The fourth-order valence-electron chi connectivity index (χ4n) is 3.92. The van der Waals surface area contributed by atoms with Crippen molar-refractivity contribution >= 4 is 11.6 Å². The molecule has 0 N–H and O–H groups in total. The van der Waals surface area contributed by atoms with Crippen molar-refractivity contribution in [1.29, 1.82) is 0 Å². The Morgan fingerprint density at radius 2 is 1.80 bits per heavy atom. The van der Waals surface area contributed by atoms with E-state index in [9.17, 15) is 40.3 Å². The highest BCUT2D eigenvalue weighted by molar-refractivity contribution is 6.31. The predicted octanol–water partition coefficient (Wildman–Crippen LogP) is 6.61. The van der Waals surface area contributed by atoms with Crippen LogP contribution in [0, 0.1) is 11.0 Å². The number of hydrogen-bond donors (Lipinski definition) is 0. The predicted molar refractivity (Wildman–Crippen MR) is 124 cm³/mol. The van der Waals surface area contributed by atoms with Gasteiger partial charge in [-0.15, -0.1) is 0 Å². The molecule has 16 heteroatoms. The highest BCUT2D eigenvalue weighted by Gasteiger charge is 2.35. The lowest BCUT2D eigenvalue weighted by atomic mass is 9.99. The fourth-order valence-corrected chi connectivity index (χ4v) is 4.08. The molecule has 1 aromatic carbocycles. The Bertz CT molecular complexity index is 1500. The Kier molecular flexibility index (Phi) is 8.54. The van der Waals surface area contributed by atoms with Crippen molar-refractivity contribution < 1.29 is 44.6 Å². The molecule has 0 aliphatic rings. The van der Waals surface area contributed by atoms with Gasteiger partial charge in [0, 0.05) is 41.6 Å². The maximum absolute atomic E-state index is 14.7. The van der Waals surface area contributed by atoms with Crippen LogP contribution in [0.25, 0.3) is 22.4 Å². The minimum atomic E-state index is -4.82. The van der Waals surface area contributed by atoms with Gasteiger partial charge < -0.3 is 9.94 Å². The Morgan fingerprint density at radius 3 is 2.45 bits per heavy atom. The summed E-state index contributed by atoms with van der Waals surface area (Å²) in [7, 11) is 0. The van der Waals surface area contributed by atoms with E-state index in [1.807, 2.05) is 0 Å². The summed E-state index contributed by atoms with van der Waals surface area (Å²) in [6.07, 6.45) is -4.10. The number of aromatic nitrogens is 5. The lowest BCUT2D eigenvalue weighted by Gasteiger charge is -2.18. The number of rotatable bonds is 9. The molecule has 0 aliphatic heterocycles. The lowest BCUT2D eigenvalue weighted by molar-refractivity contribution is -0.615. The van der Waals surface area contributed by atoms with Gasteiger partial charge in [-0.1, -0.05) is 17.7 Å². The summed E-state index contributed by atoms with van der Waals surface area (Å²) in [6, 6.07) is 4.25. The van der Waals surface area contributed by atoms with E-state index in [0.29, 0.717) is 0 Å². The van der Waals surface area contributed by atoms with Gasteiger partial charge in [-0.05, 0) is 18.2 Å². The molecule has 4 rings (SSSR count). The standard InChI is InChI=1S/C24H16ClF8N5O2/c25-15-3-2-14(21(27)28)19(20(15)26)12-1-4-18(38(39)11-12)17(6-8-40-23(29)30)37-10-13(9-35-37)16-5-7-34-22(36-16)24(31,32)33/h1-5,7,9-11,17,21,23H,6,8H2. The smallest absolute Gasteiger partial charge is 0.451 e. The van der Waals surface area contributed by atoms with E-state index in [1.54, 1.807) is 0 Å². The topological polar surface area (TPSA) is 79.8 Å². The number of nitrogens with zero attached hydrogens (tertiary/aromatic N) is 5. The molecule has 1 atom stereocenters. The van der Waals surface area contributed by atoms with E-state index in [2.05, 4.69) is 19.8 Å². The van der Waals surface area contributed by atoms with Gasteiger partial charge in [0.15, 0.2) is 6.20 Å².